The Bertz CT molecular complexity index is 625. The third-order valence-electron chi connectivity index (χ3n) is 2.88. The average Bonchev–Trinajstić information content (AvgIpc) is 2.78. The molecule has 0 spiro atoms. The van der Waals surface area contributed by atoms with Gasteiger partial charge in [0.2, 0.25) is 5.91 Å². The molecule has 0 bridgehead atoms. The van der Waals surface area contributed by atoms with Crippen LogP contribution < -0.4 is 5.32 Å². The standard InChI is InChI=1S/C14H14N4O/c1-10(11-6-4-3-5-7-11)14(19)16-13-12(8-15)9-18(2)17-13/h3-7,9-10H,1-2H3,(H,16,17,19). The van der Waals surface area contributed by atoms with E-state index in [0.29, 0.717) is 11.4 Å². The maximum Gasteiger partial charge on any atom is 0.232 e. The molecule has 19 heavy (non-hydrogen) atoms. The van der Waals surface area contributed by atoms with Crippen molar-refractivity contribution in [3.8, 4) is 6.07 Å². The quantitative estimate of drug-likeness (QED) is 0.911. The van der Waals surface area contributed by atoms with E-state index in [-0.39, 0.29) is 11.8 Å². The van der Waals surface area contributed by atoms with E-state index in [4.69, 9.17) is 5.26 Å². The number of anilines is 1. The third-order valence-corrected chi connectivity index (χ3v) is 2.88. The predicted molar refractivity (Wildman–Crippen MR) is 71.4 cm³/mol. The molecule has 5 nitrogen and oxygen atoms in total. The van der Waals surface area contributed by atoms with Crippen molar-refractivity contribution in [1.82, 2.24) is 9.78 Å². The zero-order chi connectivity index (χ0) is 13.8. The highest BCUT2D eigenvalue weighted by molar-refractivity contribution is 5.95. The third kappa shape index (κ3) is 2.80. The van der Waals surface area contributed by atoms with Crippen molar-refractivity contribution in [2.24, 2.45) is 7.05 Å². The summed E-state index contributed by atoms with van der Waals surface area (Å²) in [6.45, 7) is 1.82. The lowest BCUT2D eigenvalue weighted by Gasteiger charge is -2.11. The topological polar surface area (TPSA) is 70.7 Å². The molecule has 5 heteroatoms. The molecule has 0 aliphatic heterocycles. The summed E-state index contributed by atoms with van der Waals surface area (Å²) in [7, 11) is 1.71. The number of benzene rings is 1. The molecular weight excluding hydrogens is 240 g/mol. The van der Waals surface area contributed by atoms with Crippen LogP contribution in [0.1, 0.15) is 24.0 Å². The number of nitrogens with one attached hydrogen (secondary N) is 1. The molecule has 2 aromatic rings. The van der Waals surface area contributed by atoms with Gasteiger partial charge in [-0.05, 0) is 12.5 Å². The largest absolute Gasteiger partial charge is 0.308 e. The van der Waals surface area contributed by atoms with Gasteiger partial charge in [-0.15, -0.1) is 0 Å². The Hall–Kier alpha value is -2.61. The monoisotopic (exact) mass is 254 g/mol. The summed E-state index contributed by atoms with van der Waals surface area (Å²) in [4.78, 5) is 12.1. The highest BCUT2D eigenvalue weighted by Gasteiger charge is 2.17. The Morgan fingerprint density at radius 3 is 2.74 bits per heavy atom. The number of rotatable bonds is 3. The van der Waals surface area contributed by atoms with Gasteiger partial charge in [-0.25, -0.2) is 0 Å². The van der Waals surface area contributed by atoms with Gasteiger partial charge in [0.15, 0.2) is 5.82 Å². The van der Waals surface area contributed by atoms with Crippen LogP contribution in [0.3, 0.4) is 0 Å². The minimum absolute atomic E-state index is 0.179. The highest BCUT2D eigenvalue weighted by atomic mass is 16.1. The first-order valence-corrected chi connectivity index (χ1v) is 5.91. The van der Waals surface area contributed by atoms with Crippen molar-refractivity contribution >= 4 is 11.7 Å². The first kappa shape index (κ1) is 12.8. The van der Waals surface area contributed by atoms with Gasteiger partial charge in [-0.2, -0.15) is 10.4 Å². The van der Waals surface area contributed by atoms with Gasteiger partial charge >= 0.3 is 0 Å². The zero-order valence-corrected chi connectivity index (χ0v) is 10.8. The van der Waals surface area contributed by atoms with Crippen LogP contribution in [0.25, 0.3) is 0 Å². The number of hydrogen-bond donors (Lipinski definition) is 1. The average molecular weight is 254 g/mol. The number of carbonyl (C=O) groups excluding carboxylic acids is 1. The summed E-state index contributed by atoms with van der Waals surface area (Å²) in [5, 5.41) is 15.7. The van der Waals surface area contributed by atoms with Crippen molar-refractivity contribution in [2.75, 3.05) is 5.32 Å². The van der Waals surface area contributed by atoms with Crippen LogP contribution in [-0.4, -0.2) is 15.7 Å². The fourth-order valence-corrected chi connectivity index (χ4v) is 1.78. The number of aromatic nitrogens is 2. The number of aryl methyl sites for hydroxylation is 1. The smallest absolute Gasteiger partial charge is 0.232 e. The molecule has 0 fully saturated rings. The molecule has 2 rings (SSSR count). The van der Waals surface area contributed by atoms with Crippen LogP contribution in [0, 0.1) is 11.3 Å². The second-order valence-corrected chi connectivity index (χ2v) is 4.30. The van der Waals surface area contributed by atoms with Gasteiger partial charge in [-0.3, -0.25) is 9.48 Å². The molecule has 0 saturated heterocycles. The SMILES string of the molecule is CC(C(=O)Nc1nn(C)cc1C#N)c1ccccc1. The molecule has 1 unspecified atom stereocenters. The second-order valence-electron chi connectivity index (χ2n) is 4.30. The number of amides is 1. The van der Waals surface area contributed by atoms with E-state index in [1.54, 1.807) is 13.2 Å². The summed E-state index contributed by atoms with van der Waals surface area (Å²) in [6.07, 6.45) is 1.57. The Morgan fingerprint density at radius 2 is 2.11 bits per heavy atom. The van der Waals surface area contributed by atoms with E-state index >= 15 is 0 Å². The summed E-state index contributed by atoms with van der Waals surface area (Å²) in [5.74, 6) is -0.172. The van der Waals surface area contributed by atoms with E-state index < -0.39 is 0 Å². The van der Waals surface area contributed by atoms with Crippen LogP contribution in [-0.2, 0) is 11.8 Å². The lowest BCUT2D eigenvalue weighted by Crippen LogP contribution is -2.19. The number of carbonyl (C=O) groups is 1. The van der Waals surface area contributed by atoms with Crippen LogP contribution >= 0.6 is 0 Å². The van der Waals surface area contributed by atoms with E-state index in [1.807, 2.05) is 43.3 Å². The van der Waals surface area contributed by atoms with Gasteiger partial charge < -0.3 is 5.32 Å². The molecule has 96 valence electrons. The van der Waals surface area contributed by atoms with Crippen LogP contribution in [0.5, 0.6) is 0 Å². The molecule has 0 aliphatic carbocycles. The Kier molecular flexibility index (Phi) is 3.62. The van der Waals surface area contributed by atoms with Crippen LogP contribution in [0.15, 0.2) is 36.5 Å². The van der Waals surface area contributed by atoms with Crippen molar-refractivity contribution in [1.29, 1.82) is 5.26 Å². The van der Waals surface area contributed by atoms with Crippen molar-refractivity contribution in [3.05, 3.63) is 47.7 Å². The maximum atomic E-state index is 12.1. The summed E-state index contributed by atoms with van der Waals surface area (Å²) < 4.78 is 1.50. The molecule has 1 aromatic heterocycles. The number of hydrogen-bond acceptors (Lipinski definition) is 3. The molecule has 1 heterocycles. The van der Waals surface area contributed by atoms with Gasteiger partial charge in [0.25, 0.3) is 0 Å². The number of nitrogens with zero attached hydrogens (tertiary/aromatic N) is 3. The summed E-state index contributed by atoms with van der Waals surface area (Å²) >= 11 is 0. The fraction of sp³-hybridized carbons (Fsp3) is 0.214. The number of nitriles is 1. The predicted octanol–water partition coefficient (Wildman–Crippen LogP) is 2.03. The zero-order valence-electron chi connectivity index (χ0n) is 10.8. The Labute approximate surface area is 111 Å². The molecule has 0 aliphatic rings. The van der Waals surface area contributed by atoms with Crippen molar-refractivity contribution in [2.45, 2.75) is 12.8 Å². The molecular formula is C14H14N4O. The lowest BCUT2D eigenvalue weighted by atomic mass is 10.0. The molecule has 1 N–H and O–H groups in total. The van der Waals surface area contributed by atoms with E-state index in [9.17, 15) is 4.79 Å². The van der Waals surface area contributed by atoms with E-state index in [0.717, 1.165) is 5.56 Å². The molecule has 1 amide bonds. The molecule has 1 aromatic carbocycles. The first-order valence-electron chi connectivity index (χ1n) is 5.91. The highest BCUT2D eigenvalue weighted by Crippen LogP contribution is 2.18. The normalized spacial score (nSPS) is 11.6. The Morgan fingerprint density at radius 1 is 1.42 bits per heavy atom. The van der Waals surface area contributed by atoms with E-state index in [1.165, 1.54) is 4.68 Å². The summed E-state index contributed by atoms with van der Waals surface area (Å²) in [6, 6.07) is 11.5. The van der Waals surface area contributed by atoms with Crippen molar-refractivity contribution < 1.29 is 4.79 Å². The lowest BCUT2D eigenvalue weighted by molar-refractivity contribution is -0.117. The fourth-order valence-electron chi connectivity index (χ4n) is 1.78. The minimum atomic E-state index is -0.297. The maximum absolute atomic E-state index is 12.1. The summed E-state index contributed by atoms with van der Waals surface area (Å²) in [5.41, 5.74) is 1.28. The van der Waals surface area contributed by atoms with Gasteiger partial charge in [0.1, 0.15) is 11.6 Å². The van der Waals surface area contributed by atoms with Crippen LogP contribution in [0.2, 0.25) is 0 Å². The second kappa shape index (κ2) is 5.36. The van der Waals surface area contributed by atoms with Gasteiger partial charge in [0.05, 0.1) is 5.92 Å². The molecule has 1 atom stereocenters. The Balaban J connectivity index is 2.15. The molecule has 0 radical (unpaired) electrons. The van der Waals surface area contributed by atoms with Crippen molar-refractivity contribution in [3.63, 3.8) is 0 Å². The van der Waals surface area contributed by atoms with Crippen LogP contribution in [0.4, 0.5) is 5.82 Å². The molecule has 0 saturated carbocycles. The van der Waals surface area contributed by atoms with Gasteiger partial charge in [0, 0.05) is 13.2 Å². The van der Waals surface area contributed by atoms with Gasteiger partial charge in [-0.1, -0.05) is 30.3 Å². The minimum Gasteiger partial charge on any atom is -0.308 e. The van der Waals surface area contributed by atoms with E-state index in [2.05, 4.69) is 10.4 Å². The first-order chi connectivity index (χ1) is 9.11.